The van der Waals surface area contributed by atoms with Crippen molar-refractivity contribution in [3.63, 3.8) is 0 Å². The third kappa shape index (κ3) is 3.42. The molecule has 0 amide bonds. The summed E-state index contributed by atoms with van der Waals surface area (Å²) in [6, 6.07) is 7.96. The summed E-state index contributed by atoms with van der Waals surface area (Å²) < 4.78 is 0. The molecule has 0 aromatic heterocycles. The first-order valence-corrected chi connectivity index (χ1v) is 5.66. The van der Waals surface area contributed by atoms with Gasteiger partial charge >= 0.3 is 5.97 Å². The second kappa shape index (κ2) is 5.75. The average Bonchev–Trinajstić information content (AvgIpc) is 2.26. The number of carboxylic acids is 1. The zero-order valence-electron chi connectivity index (χ0n) is 9.48. The van der Waals surface area contributed by atoms with Crippen molar-refractivity contribution in [2.24, 2.45) is 0 Å². The van der Waals surface area contributed by atoms with E-state index >= 15 is 0 Å². The molecule has 1 rings (SSSR count). The predicted octanol–water partition coefficient (Wildman–Crippen LogP) is 2.51. The standard InChI is InChI=1S/C12H16ClNO2/c1-3-14(8-11(13)12(15)16)10-6-4-9(2)5-7-10/h4-7,11H,3,8H2,1-2H3,(H,15,16). The molecule has 0 radical (unpaired) electrons. The van der Waals surface area contributed by atoms with Crippen molar-refractivity contribution in [1.29, 1.82) is 0 Å². The highest BCUT2D eigenvalue weighted by Gasteiger charge is 2.17. The number of hydrogen-bond acceptors (Lipinski definition) is 2. The molecular weight excluding hydrogens is 226 g/mol. The van der Waals surface area contributed by atoms with E-state index in [1.54, 1.807) is 0 Å². The number of benzene rings is 1. The molecule has 0 aliphatic rings. The van der Waals surface area contributed by atoms with Gasteiger partial charge in [0.25, 0.3) is 0 Å². The molecule has 0 heterocycles. The van der Waals surface area contributed by atoms with Crippen molar-refractivity contribution < 1.29 is 9.90 Å². The SMILES string of the molecule is CCN(CC(Cl)C(=O)O)c1ccc(C)cc1. The Morgan fingerprint density at radius 1 is 1.44 bits per heavy atom. The first kappa shape index (κ1) is 12.8. The lowest BCUT2D eigenvalue weighted by Crippen LogP contribution is -2.33. The molecule has 0 aliphatic carbocycles. The molecule has 1 aromatic carbocycles. The van der Waals surface area contributed by atoms with Crippen LogP contribution in [-0.4, -0.2) is 29.5 Å². The van der Waals surface area contributed by atoms with Gasteiger partial charge in [-0.05, 0) is 26.0 Å². The van der Waals surface area contributed by atoms with Crippen molar-refractivity contribution >= 4 is 23.3 Å². The number of nitrogens with zero attached hydrogens (tertiary/aromatic N) is 1. The molecule has 88 valence electrons. The van der Waals surface area contributed by atoms with Crippen molar-refractivity contribution in [2.45, 2.75) is 19.2 Å². The Balaban J connectivity index is 2.74. The van der Waals surface area contributed by atoms with Crippen LogP contribution in [0.15, 0.2) is 24.3 Å². The Morgan fingerprint density at radius 3 is 2.44 bits per heavy atom. The largest absolute Gasteiger partial charge is 0.480 e. The highest BCUT2D eigenvalue weighted by molar-refractivity contribution is 6.30. The fourth-order valence-electron chi connectivity index (χ4n) is 1.44. The van der Waals surface area contributed by atoms with Crippen molar-refractivity contribution in [2.75, 3.05) is 18.0 Å². The smallest absolute Gasteiger partial charge is 0.323 e. The van der Waals surface area contributed by atoms with Gasteiger partial charge in [-0.2, -0.15) is 0 Å². The second-order valence-corrected chi connectivity index (χ2v) is 4.21. The van der Waals surface area contributed by atoms with Crippen LogP contribution in [-0.2, 0) is 4.79 Å². The lowest BCUT2D eigenvalue weighted by atomic mass is 10.2. The molecule has 0 fully saturated rings. The molecule has 0 aliphatic heterocycles. The van der Waals surface area contributed by atoms with Gasteiger partial charge < -0.3 is 10.0 Å². The highest BCUT2D eigenvalue weighted by Crippen LogP contribution is 2.16. The molecular formula is C12H16ClNO2. The molecule has 1 unspecified atom stereocenters. The monoisotopic (exact) mass is 241 g/mol. The van der Waals surface area contributed by atoms with Gasteiger partial charge in [-0.15, -0.1) is 11.6 Å². The van der Waals surface area contributed by atoms with Crippen molar-refractivity contribution in [3.05, 3.63) is 29.8 Å². The van der Waals surface area contributed by atoms with Gasteiger partial charge in [0.1, 0.15) is 5.38 Å². The minimum atomic E-state index is -0.979. The molecule has 1 aromatic rings. The molecule has 3 nitrogen and oxygen atoms in total. The Kier molecular flexibility index (Phi) is 4.62. The van der Waals surface area contributed by atoms with Gasteiger partial charge in [0, 0.05) is 18.8 Å². The summed E-state index contributed by atoms with van der Waals surface area (Å²) in [5, 5.41) is 7.88. The van der Waals surface area contributed by atoms with Crippen LogP contribution in [0.4, 0.5) is 5.69 Å². The van der Waals surface area contributed by atoms with E-state index in [0.29, 0.717) is 6.54 Å². The Morgan fingerprint density at radius 2 is 2.00 bits per heavy atom. The first-order valence-electron chi connectivity index (χ1n) is 5.23. The molecule has 1 N–H and O–H groups in total. The maximum absolute atomic E-state index is 10.7. The van der Waals surface area contributed by atoms with Gasteiger partial charge in [0.2, 0.25) is 0 Å². The van der Waals surface area contributed by atoms with Gasteiger partial charge in [0.15, 0.2) is 0 Å². The summed E-state index contributed by atoms with van der Waals surface area (Å²) in [5.41, 5.74) is 2.18. The number of alkyl halides is 1. The zero-order valence-corrected chi connectivity index (χ0v) is 10.2. The van der Waals surface area contributed by atoms with E-state index in [1.165, 1.54) is 5.56 Å². The van der Waals surface area contributed by atoms with Gasteiger partial charge in [-0.25, -0.2) is 0 Å². The summed E-state index contributed by atoms with van der Waals surface area (Å²) in [6.45, 7) is 5.04. The number of hydrogen-bond donors (Lipinski definition) is 1. The van der Waals surface area contributed by atoms with Crippen LogP contribution < -0.4 is 4.90 Å². The number of carboxylic acid groups (broad SMARTS) is 1. The zero-order chi connectivity index (χ0) is 12.1. The number of aliphatic carboxylic acids is 1. The maximum Gasteiger partial charge on any atom is 0.323 e. The minimum Gasteiger partial charge on any atom is -0.480 e. The predicted molar refractivity (Wildman–Crippen MR) is 66.3 cm³/mol. The number of rotatable bonds is 5. The van der Waals surface area contributed by atoms with E-state index in [2.05, 4.69) is 0 Å². The van der Waals surface area contributed by atoms with Crippen LogP contribution in [0.5, 0.6) is 0 Å². The van der Waals surface area contributed by atoms with Crippen LogP contribution in [0, 0.1) is 6.92 Å². The molecule has 4 heteroatoms. The van der Waals surface area contributed by atoms with Gasteiger partial charge in [0.05, 0.1) is 0 Å². The van der Waals surface area contributed by atoms with Crippen molar-refractivity contribution in [1.82, 2.24) is 0 Å². The molecule has 0 saturated heterocycles. The lowest BCUT2D eigenvalue weighted by molar-refractivity contribution is -0.136. The second-order valence-electron chi connectivity index (χ2n) is 3.68. The van der Waals surface area contributed by atoms with E-state index in [9.17, 15) is 4.79 Å². The van der Waals surface area contributed by atoms with E-state index in [4.69, 9.17) is 16.7 Å². The summed E-state index contributed by atoms with van der Waals surface area (Å²) >= 11 is 5.73. The van der Waals surface area contributed by atoms with Crippen LogP contribution in [0.1, 0.15) is 12.5 Å². The summed E-state index contributed by atoms with van der Waals surface area (Å²) in [4.78, 5) is 12.6. The number of aryl methyl sites for hydroxylation is 1. The van der Waals surface area contributed by atoms with Crippen LogP contribution in [0.3, 0.4) is 0 Å². The van der Waals surface area contributed by atoms with Gasteiger partial charge in [-0.1, -0.05) is 17.7 Å². The third-order valence-electron chi connectivity index (χ3n) is 2.43. The van der Waals surface area contributed by atoms with Crippen LogP contribution in [0.25, 0.3) is 0 Å². The topological polar surface area (TPSA) is 40.5 Å². The normalized spacial score (nSPS) is 12.2. The molecule has 1 atom stereocenters. The highest BCUT2D eigenvalue weighted by atomic mass is 35.5. The molecule has 16 heavy (non-hydrogen) atoms. The van der Waals surface area contributed by atoms with E-state index in [1.807, 2.05) is 43.0 Å². The molecule has 0 spiro atoms. The molecule has 0 saturated carbocycles. The van der Waals surface area contributed by atoms with Crippen LogP contribution in [0.2, 0.25) is 0 Å². The van der Waals surface area contributed by atoms with Crippen molar-refractivity contribution in [3.8, 4) is 0 Å². The van der Waals surface area contributed by atoms with Crippen LogP contribution >= 0.6 is 11.6 Å². The van der Waals surface area contributed by atoms with E-state index in [0.717, 1.165) is 12.2 Å². The van der Waals surface area contributed by atoms with E-state index in [-0.39, 0.29) is 0 Å². The Hall–Kier alpha value is -1.22. The summed E-state index contributed by atoms with van der Waals surface area (Å²) in [5.74, 6) is -0.979. The maximum atomic E-state index is 10.7. The number of halogens is 1. The summed E-state index contributed by atoms with van der Waals surface area (Å²) in [6.07, 6.45) is 0. The lowest BCUT2D eigenvalue weighted by Gasteiger charge is -2.24. The quantitative estimate of drug-likeness (QED) is 0.806. The fraction of sp³-hybridized carbons (Fsp3) is 0.417. The number of anilines is 1. The fourth-order valence-corrected chi connectivity index (χ4v) is 1.61. The summed E-state index contributed by atoms with van der Waals surface area (Å²) in [7, 11) is 0. The Bertz CT molecular complexity index is 351. The first-order chi connectivity index (χ1) is 7.54. The average molecular weight is 242 g/mol. The molecule has 0 bridgehead atoms. The Labute approximate surface area is 101 Å². The third-order valence-corrected chi connectivity index (χ3v) is 2.75. The van der Waals surface area contributed by atoms with Gasteiger partial charge in [-0.3, -0.25) is 4.79 Å². The number of carbonyl (C=O) groups is 1. The minimum absolute atomic E-state index is 0.316. The van der Waals surface area contributed by atoms with E-state index < -0.39 is 11.3 Å².